The number of carbonyl (C=O) groups is 1. The molecule has 0 N–H and O–H groups in total. The number of esters is 1. The van der Waals surface area contributed by atoms with E-state index in [1.807, 2.05) is 0 Å². The average molecular weight is 156 g/mol. The topological polar surface area (TPSA) is 26.3 Å². The summed E-state index contributed by atoms with van der Waals surface area (Å²) in [6.45, 7) is 2.18. The van der Waals surface area contributed by atoms with E-state index in [0.29, 0.717) is 0 Å². The molecule has 2 atom stereocenters. The second-order valence-corrected chi connectivity index (χ2v) is 3.31. The van der Waals surface area contributed by atoms with Crippen molar-refractivity contribution >= 4 is 5.97 Å². The molecule has 1 fully saturated rings. The first-order valence-electron chi connectivity index (χ1n) is 4.35. The Bertz CT molecular complexity index is 142. The summed E-state index contributed by atoms with van der Waals surface area (Å²) < 4.78 is 4.69. The summed E-state index contributed by atoms with van der Waals surface area (Å²) in [4.78, 5) is 11.1. The van der Waals surface area contributed by atoms with Gasteiger partial charge in [0.1, 0.15) is 0 Å². The van der Waals surface area contributed by atoms with Crippen LogP contribution in [-0.2, 0) is 9.53 Å². The van der Waals surface area contributed by atoms with Crippen LogP contribution >= 0.6 is 0 Å². The Morgan fingerprint density at radius 2 is 2.27 bits per heavy atom. The van der Waals surface area contributed by atoms with Crippen LogP contribution in [0.25, 0.3) is 0 Å². The number of rotatable bonds is 2. The molecule has 64 valence electrons. The fraction of sp³-hybridized carbons (Fsp3) is 0.889. The van der Waals surface area contributed by atoms with Crippen molar-refractivity contribution in [2.75, 3.05) is 7.11 Å². The fourth-order valence-corrected chi connectivity index (χ4v) is 1.83. The highest BCUT2D eigenvalue weighted by Crippen LogP contribution is 2.33. The van der Waals surface area contributed by atoms with Gasteiger partial charge >= 0.3 is 5.97 Å². The highest BCUT2D eigenvalue weighted by Gasteiger charge is 2.29. The Balaban J connectivity index is 2.35. The molecule has 1 saturated carbocycles. The monoisotopic (exact) mass is 156 g/mol. The molecule has 11 heavy (non-hydrogen) atoms. The van der Waals surface area contributed by atoms with E-state index in [1.54, 1.807) is 0 Å². The smallest absolute Gasteiger partial charge is 0.308 e. The third-order valence-electron chi connectivity index (χ3n) is 2.65. The van der Waals surface area contributed by atoms with Crippen LogP contribution < -0.4 is 0 Å². The molecule has 2 heteroatoms. The number of ether oxygens (including phenoxy) is 1. The number of hydrogen-bond donors (Lipinski definition) is 0. The predicted molar refractivity (Wildman–Crippen MR) is 43.1 cm³/mol. The van der Waals surface area contributed by atoms with E-state index < -0.39 is 0 Å². The molecule has 0 heterocycles. The SMILES string of the molecule is CC[C@H]1CC[C@H](C(=O)OC)C1. The van der Waals surface area contributed by atoms with Crippen LogP contribution in [-0.4, -0.2) is 13.1 Å². The molecule has 0 saturated heterocycles. The van der Waals surface area contributed by atoms with E-state index in [9.17, 15) is 4.79 Å². The van der Waals surface area contributed by atoms with Crippen LogP contribution in [0.1, 0.15) is 32.6 Å². The van der Waals surface area contributed by atoms with Crippen LogP contribution in [0.3, 0.4) is 0 Å². The van der Waals surface area contributed by atoms with E-state index in [2.05, 4.69) is 11.7 Å². The quantitative estimate of drug-likeness (QED) is 0.571. The van der Waals surface area contributed by atoms with Gasteiger partial charge in [-0.1, -0.05) is 13.3 Å². The minimum Gasteiger partial charge on any atom is -0.469 e. The maximum absolute atomic E-state index is 11.1. The van der Waals surface area contributed by atoms with Gasteiger partial charge in [-0.3, -0.25) is 4.79 Å². The molecule has 2 nitrogen and oxygen atoms in total. The molecule has 0 spiro atoms. The zero-order valence-corrected chi connectivity index (χ0v) is 7.30. The molecule has 0 amide bonds. The van der Waals surface area contributed by atoms with Gasteiger partial charge < -0.3 is 4.74 Å². The first kappa shape index (κ1) is 8.57. The van der Waals surface area contributed by atoms with Gasteiger partial charge in [-0.15, -0.1) is 0 Å². The molecule has 1 aliphatic carbocycles. The first-order chi connectivity index (χ1) is 5.27. The third kappa shape index (κ3) is 1.95. The van der Waals surface area contributed by atoms with Crippen LogP contribution in [0.4, 0.5) is 0 Å². The summed E-state index contributed by atoms with van der Waals surface area (Å²) in [5, 5.41) is 0. The molecule has 0 aromatic heterocycles. The molecule has 0 aromatic carbocycles. The van der Waals surface area contributed by atoms with Gasteiger partial charge in [-0.05, 0) is 25.2 Å². The normalized spacial score (nSPS) is 30.4. The lowest BCUT2D eigenvalue weighted by atomic mass is 10.0. The van der Waals surface area contributed by atoms with E-state index in [4.69, 9.17) is 0 Å². The Kier molecular flexibility index (Phi) is 2.92. The van der Waals surface area contributed by atoms with Gasteiger partial charge in [-0.25, -0.2) is 0 Å². The zero-order valence-electron chi connectivity index (χ0n) is 7.30. The van der Waals surface area contributed by atoms with Gasteiger partial charge in [0.2, 0.25) is 0 Å². The molecular formula is C9H16O2. The van der Waals surface area contributed by atoms with Crippen molar-refractivity contribution in [3.8, 4) is 0 Å². The largest absolute Gasteiger partial charge is 0.469 e. The molecule has 1 rings (SSSR count). The summed E-state index contributed by atoms with van der Waals surface area (Å²) in [6, 6.07) is 0. The van der Waals surface area contributed by atoms with Crippen molar-refractivity contribution in [2.24, 2.45) is 11.8 Å². The van der Waals surface area contributed by atoms with Gasteiger partial charge in [-0.2, -0.15) is 0 Å². The molecule has 1 aliphatic rings. The Hall–Kier alpha value is -0.530. The summed E-state index contributed by atoms with van der Waals surface area (Å²) in [6.07, 6.45) is 4.48. The highest BCUT2D eigenvalue weighted by molar-refractivity contribution is 5.72. The number of carbonyl (C=O) groups excluding carboxylic acids is 1. The maximum Gasteiger partial charge on any atom is 0.308 e. The van der Waals surface area contributed by atoms with E-state index in [0.717, 1.165) is 18.8 Å². The second-order valence-electron chi connectivity index (χ2n) is 3.31. The van der Waals surface area contributed by atoms with E-state index in [1.165, 1.54) is 20.0 Å². The minimum atomic E-state index is -0.0130. The van der Waals surface area contributed by atoms with Crippen molar-refractivity contribution in [3.63, 3.8) is 0 Å². The Morgan fingerprint density at radius 1 is 1.55 bits per heavy atom. The van der Waals surface area contributed by atoms with Crippen LogP contribution in [0.15, 0.2) is 0 Å². The molecule has 0 bridgehead atoms. The van der Waals surface area contributed by atoms with Gasteiger partial charge in [0.15, 0.2) is 0 Å². The van der Waals surface area contributed by atoms with Crippen molar-refractivity contribution in [1.82, 2.24) is 0 Å². The Labute approximate surface area is 67.9 Å². The Morgan fingerprint density at radius 3 is 2.73 bits per heavy atom. The van der Waals surface area contributed by atoms with E-state index >= 15 is 0 Å². The standard InChI is InChI=1S/C9H16O2/c1-3-7-4-5-8(6-7)9(10)11-2/h7-8H,3-6H2,1-2H3/t7-,8-/m0/s1. The van der Waals surface area contributed by atoms with Crippen LogP contribution in [0.5, 0.6) is 0 Å². The van der Waals surface area contributed by atoms with Crippen molar-refractivity contribution in [2.45, 2.75) is 32.6 Å². The molecule has 0 aromatic rings. The van der Waals surface area contributed by atoms with Crippen LogP contribution in [0.2, 0.25) is 0 Å². The summed E-state index contributed by atoms with van der Waals surface area (Å²) in [7, 11) is 1.47. The molecule has 0 unspecified atom stereocenters. The highest BCUT2D eigenvalue weighted by atomic mass is 16.5. The van der Waals surface area contributed by atoms with Crippen molar-refractivity contribution in [3.05, 3.63) is 0 Å². The molecule has 0 radical (unpaired) electrons. The molecular weight excluding hydrogens is 140 g/mol. The van der Waals surface area contributed by atoms with E-state index in [-0.39, 0.29) is 11.9 Å². The van der Waals surface area contributed by atoms with Gasteiger partial charge in [0.25, 0.3) is 0 Å². The lowest BCUT2D eigenvalue weighted by Crippen LogP contribution is -2.12. The minimum absolute atomic E-state index is 0.0130. The van der Waals surface area contributed by atoms with Gasteiger partial charge in [0, 0.05) is 0 Å². The third-order valence-corrected chi connectivity index (χ3v) is 2.65. The van der Waals surface area contributed by atoms with Crippen molar-refractivity contribution in [1.29, 1.82) is 0 Å². The average Bonchev–Trinajstić information content (AvgIpc) is 2.50. The van der Waals surface area contributed by atoms with Crippen LogP contribution in [0, 0.1) is 11.8 Å². The molecule has 0 aliphatic heterocycles. The summed E-state index contributed by atoms with van der Waals surface area (Å²) >= 11 is 0. The first-order valence-corrected chi connectivity index (χ1v) is 4.35. The fourth-order valence-electron chi connectivity index (χ4n) is 1.83. The zero-order chi connectivity index (χ0) is 8.27. The predicted octanol–water partition coefficient (Wildman–Crippen LogP) is 1.99. The lowest BCUT2D eigenvalue weighted by Gasteiger charge is -2.06. The number of hydrogen-bond acceptors (Lipinski definition) is 2. The number of methoxy groups -OCH3 is 1. The summed E-state index contributed by atoms with van der Waals surface area (Å²) in [5.41, 5.74) is 0. The second kappa shape index (κ2) is 3.74. The van der Waals surface area contributed by atoms with Gasteiger partial charge in [0.05, 0.1) is 13.0 Å². The van der Waals surface area contributed by atoms with Crippen molar-refractivity contribution < 1.29 is 9.53 Å². The maximum atomic E-state index is 11.1. The summed E-state index contributed by atoms with van der Waals surface area (Å²) in [5.74, 6) is 0.949. The lowest BCUT2D eigenvalue weighted by molar-refractivity contribution is -0.145.